The Bertz CT molecular complexity index is 759. The number of rotatable bonds is 6. The van der Waals surface area contributed by atoms with Crippen LogP contribution in [-0.4, -0.2) is 36.0 Å². The number of likely N-dealkylation sites (N-methyl/N-ethyl adjacent to an activating group) is 1. The summed E-state index contributed by atoms with van der Waals surface area (Å²) >= 11 is 0. The monoisotopic (exact) mass is 366 g/mol. The van der Waals surface area contributed by atoms with Gasteiger partial charge in [-0.3, -0.25) is 5.10 Å². The topological polar surface area (TPSA) is 77.1 Å². The summed E-state index contributed by atoms with van der Waals surface area (Å²) in [5.74, 6) is 0.0768. The zero-order chi connectivity index (χ0) is 18.7. The minimum atomic E-state index is -4.53. The molecule has 0 radical (unpaired) electrons. The number of hydrazone groups is 1. The standard InChI is InChI=1S/C17H21F3N6/c1-3-10(7-21-2)15(13-9-23-26-16(13)17(18,19)20)24-12-4-5-14-11(6-12)8-22-25-14/h3-6,8-9,11,14-15,21,24-25H,7H2,1-2H3,(H,23,26)/b10-3+. The van der Waals surface area contributed by atoms with Gasteiger partial charge in [-0.2, -0.15) is 23.4 Å². The Hall–Kier alpha value is -2.55. The van der Waals surface area contributed by atoms with Crippen LogP contribution in [0.15, 0.2) is 46.9 Å². The quantitative estimate of drug-likeness (QED) is 0.583. The molecule has 26 heavy (non-hydrogen) atoms. The first-order valence-electron chi connectivity index (χ1n) is 8.30. The lowest BCUT2D eigenvalue weighted by Gasteiger charge is -2.26. The Morgan fingerprint density at radius 2 is 2.23 bits per heavy atom. The van der Waals surface area contributed by atoms with E-state index < -0.39 is 17.9 Å². The van der Waals surface area contributed by atoms with E-state index in [-0.39, 0.29) is 17.5 Å². The first-order chi connectivity index (χ1) is 12.4. The normalized spacial score (nSPS) is 23.4. The summed E-state index contributed by atoms with van der Waals surface area (Å²) in [7, 11) is 1.76. The fraction of sp³-hybridized carbons (Fsp3) is 0.412. The summed E-state index contributed by atoms with van der Waals surface area (Å²) in [6, 6.07) is -0.571. The first-order valence-corrected chi connectivity index (χ1v) is 8.30. The highest BCUT2D eigenvalue weighted by atomic mass is 19.4. The number of allylic oxidation sites excluding steroid dienone is 2. The van der Waals surface area contributed by atoms with Gasteiger partial charge in [-0.15, -0.1) is 0 Å². The minimum Gasteiger partial charge on any atom is -0.375 e. The maximum atomic E-state index is 13.4. The number of fused-ring (bicyclic) bond motifs is 1. The van der Waals surface area contributed by atoms with Crippen molar-refractivity contribution in [2.75, 3.05) is 13.6 Å². The van der Waals surface area contributed by atoms with Gasteiger partial charge < -0.3 is 16.1 Å². The van der Waals surface area contributed by atoms with Gasteiger partial charge in [0.15, 0.2) is 5.69 Å². The average molecular weight is 366 g/mol. The van der Waals surface area contributed by atoms with Crippen molar-refractivity contribution in [3.05, 3.63) is 53.0 Å². The van der Waals surface area contributed by atoms with Gasteiger partial charge in [-0.1, -0.05) is 18.2 Å². The van der Waals surface area contributed by atoms with Gasteiger partial charge >= 0.3 is 6.18 Å². The third kappa shape index (κ3) is 3.67. The summed E-state index contributed by atoms with van der Waals surface area (Å²) in [6.45, 7) is 2.26. The molecule has 0 fully saturated rings. The summed E-state index contributed by atoms with van der Waals surface area (Å²) in [5.41, 5.74) is 3.66. The molecule has 0 amide bonds. The van der Waals surface area contributed by atoms with E-state index in [1.165, 1.54) is 6.20 Å². The molecule has 4 N–H and O–H groups in total. The predicted molar refractivity (Wildman–Crippen MR) is 93.3 cm³/mol. The molecule has 3 rings (SSSR count). The van der Waals surface area contributed by atoms with Crippen LogP contribution in [-0.2, 0) is 6.18 Å². The summed E-state index contributed by atoms with van der Waals surface area (Å²) in [4.78, 5) is 0. The highest BCUT2D eigenvalue weighted by molar-refractivity contribution is 5.68. The van der Waals surface area contributed by atoms with Gasteiger partial charge in [0.1, 0.15) is 0 Å². The van der Waals surface area contributed by atoms with Crippen LogP contribution in [0.1, 0.15) is 24.2 Å². The Morgan fingerprint density at radius 3 is 2.92 bits per heavy atom. The second kappa shape index (κ2) is 7.36. The van der Waals surface area contributed by atoms with Crippen molar-refractivity contribution < 1.29 is 13.2 Å². The van der Waals surface area contributed by atoms with Crippen LogP contribution in [0.2, 0.25) is 0 Å². The van der Waals surface area contributed by atoms with Gasteiger partial charge in [0.2, 0.25) is 0 Å². The van der Waals surface area contributed by atoms with E-state index >= 15 is 0 Å². The SMILES string of the molecule is C/C=C(\CNC)C(NC1=CC2C=NNC2C=C1)c1c[nH]nc1C(F)(F)F. The van der Waals surface area contributed by atoms with Crippen LogP contribution in [0.25, 0.3) is 0 Å². The maximum Gasteiger partial charge on any atom is 0.435 e. The molecule has 1 aliphatic carbocycles. The molecular formula is C17H21F3N6. The number of halogens is 3. The number of nitrogens with one attached hydrogen (secondary N) is 4. The maximum absolute atomic E-state index is 13.4. The van der Waals surface area contributed by atoms with Crippen molar-refractivity contribution in [1.82, 2.24) is 26.3 Å². The zero-order valence-corrected chi connectivity index (χ0v) is 14.4. The number of nitrogens with zero attached hydrogens (tertiary/aromatic N) is 2. The molecule has 1 aliphatic heterocycles. The number of aromatic amines is 1. The number of H-pyrrole nitrogens is 1. The van der Waals surface area contributed by atoms with Crippen molar-refractivity contribution >= 4 is 6.21 Å². The van der Waals surface area contributed by atoms with Crippen LogP contribution in [0, 0.1) is 5.92 Å². The fourth-order valence-corrected chi connectivity index (χ4v) is 3.14. The molecule has 0 saturated heterocycles. The molecule has 6 nitrogen and oxygen atoms in total. The zero-order valence-electron chi connectivity index (χ0n) is 14.4. The first kappa shape index (κ1) is 18.2. The molecule has 2 aliphatic rings. The largest absolute Gasteiger partial charge is 0.435 e. The van der Waals surface area contributed by atoms with Gasteiger partial charge in [0.05, 0.1) is 12.1 Å². The molecule has 0 aromatic carbocycles. The van der Waals surface area contributed by atoms with E-state index in [2.05, 4.69) is 31.4 Å². The molecule has 0 spiro atoms. The van der Waals surface area contributed by atoms with Crippen LogP contribution >= 0.6 is 0 Å². The molecule has 3 atom stereocenters. The minimum absolute atomic E-state index is 0.0653. The summed E-state index contributed by atoms with van der Waals surface area (Å²) in [6.07, 6.45) is 6.14. The lowest BCUT2D eigenvalue weighted by Crippen LogP contribution is -2.32. The van der Waals surface area contributed by atoms with E-state index in [4.69, 9.17) is 0 Å². The molecule has 1 aromatic heterocycles. The molecular weight excluding hydrogens is 345 g/mol. The van der Waals surface area contributed by atoms with E-state index in [0.717, 1.165) is 11.3 Å². The molecule has 9 heteroatoms. The number of alkyl halides is 3. The van der Waals surface area contributed by atoms with Crippen molar-refractivity contribution in [2.45, 2.75) is 25.2 Å². The second-order valence-electron chi connectivity index (χ2n) is 6.15. The lowest BCUT2D eigenvalue weighted by atomic mass is 9.94. The van der Waals surface area contributed by atoms with Gasteiger partial charge in [0, 0.05) is 36.1 Å². The Labute approximate surface area is 149 Å². The number of aromatic nitrogens is 2. The van der Waals surface area contributed by atoms with Crippen LogP contribution in [0.4, 0.5) is 13.2 Å². The molecule has 3 unspecified atom stereocenters. The molecule has 1 aromatic rings. The van der Waals surface area contributed by atoms with Gasteiger partial charge in [0.25, 0.3) is 0 Å². The van der Waals surface area contributed by atoms with Crippen molar-refractivity contribution in [2.24, 2.45) is 11.0 Å². The number of hydrogen-bond donors (Lipinski definition) is 4. The van der Waals surface area contributed by atoms with Crippen LogP contribution in [0.3, 0.4) is 0 Å². The Kier molecular flexibility index (Phi) is 5.17. The lowest BCUT2D eigenvalue weighted by molar-refractivity contribution is -0.141. The second-order valence-corrected chi connectivity index (χ2v) is 6.15. The smallest absolute Gasteiger partial charge is 0.375 e. The van der Waals surface area contributed by atoms with Crippen molar-refractivity contribution in [1.29, 1.82) is 0 Å². The van der Waals surface area contributed by atoms with Crippen LogP contribution in [0.5, 0.6) is 0 Å². The van der Waals surface area contributed by atoms with Crippen molar-refractivity contribution in [3.63, 3.8) is 0 Å². The Morgan fingerprint density at radius 1 is 1.42 bits per heavy atom. The van der Waals surface area contributed by atoms with Crippen molar-refractivity contribution in [3.8, 4) is 0 Å². The molecule has 0 saturated carbocycles. The Balaban J connectivity index is 1.94. The third-order valence-electron chi connectivity index (χ3n) is 4.42. The highest BCUT2D eigenvalue weighted by Gasteiger charge is 2.39. The molecule has 2 heterocycles. The summed E-state index contributed by atoms with van der Waals surface area (Å²) in [5, 5.41) is 16.1. The predicted octanol–water partition coefficient (Wildman–Crippen LogP) is 2.25. The highest BCUT2D eigenvalue weighted by Crippen LogP contribution is 2.35. The summed E-state index contributed by atoms with van der Waals surface area (Å²) < 4.78 is 40.1. The van der Waals surface area contributed by atoms with E-state index in [0.29, 0.717) is 6.54 Å². The third-order valence-corrected chi connectivity index (χ3v) is 4.42. The average Bonchev–Trinajstić information content (AvgIpc) is 3.25. The van der Waals surface area contributed by atoms with Gasteiger partial charge in [-0.25, -0.2) is 0 Å². The van der Waals surface area contributed by atoms with E-state index in [9.17, 15) is 13.2 Å². The fourth-order valence-electron chi connectivity index (χ4n) is 3.14. The van der Waals surface area contributed by atoms with Gasteiger partial charge in [-0.05, 0) is 25.6 Å². The van der Waals surface area contributed by atoms with Crippen LogP contribution < -0.4 is 16.1 Å². The van der Waals surface area contributed by atoms with E-state index in [1.54, 1.807) is 13.3 Å². The molecule has 140 valence electrons. The number of hydrogen-bond acceptors (Lipinski definition) is 5. The van der Waals surface area contributed by atoms with E-state index in [1.807, 2.05) is 31.2 Å². The molecule has 0 bridgehead atoms.